The average molecular weight is 262 g/mol. The summed E-state index contributed by atoms with van der Waals surface area (Å²) in [4.78, 5) is 9.24. The zero-order chi connectivity index (χ0) is 13.7. The number of anilines is 1. The second-order valence-corrected chi connectivity index (χ2v) is 5.32. The predicted molar refractivity (Wildman–Crippen MR) is 80.5 cm³/mol. The summed E-state index contributed by atoms with van der Waals surface area (Å²) in [5, 5.41) is 0. The summed E-state index contributed by atoms with van der Waals surface area (Å²) in [6.07, 6.45) is 6.15. The Kier molecular flexibility index (Phi) is 5.16. The molecule has 0 bridgehead atoms. The maximum atomic E-state index is 5.71. The molecular formula is C15H26N4. The summed E-state index contributed by atoms with van der Waals surface area (Å²) in [5.41, 5.74) is 8.31. The molecule has 0 aromatic carbocycles. The van der Waals surface area contributed by atoms with Crippen molar-refractivity contribution >= 4 is 5.69 Å². The monoisotopic (exact) mass is 262 g/mol. The molecule has 0 spiro atoms. The van der Waals surface area contributed by atoms with Gasteiger partial charge >= 0.3 is 0 Å². The van der Waals surface area contributed by atoms with E-state index in [0.717, 1.165) is 39.1 Å². The first-order chi connectivity index (χ1) is 9.26. The van der Waals surface area contributed by atoms with Crippen molar-refractivity contribution < 1.29 is 0 Å². The lowest BCUT2D eigenvalue weighted by Gasteiger charge is -2.40. The van der Waals surface area contributed by atoms with Gasteiger partial charge in [-0.3, -0.25) is 9.88 Å². The van der Waals surface area contributed by atoms with Crippen LogP contribution >= 0.6 is 0 Å². The number of piperazine rings is 1. The number of hydrogen-bond donors (Lipinski definition) is 1. The van der Waals surface area contributed by atoms with E-state index in [1.54, 1.807) is 0 Å². The first-order valence-corrected chi connectivity index (χ1v) is 7.36. The molecule has 0 saturated carbocycles. The minimum Gasteiger partial charge on any atom is -0.369 e. The maximum Gasteiger partial charge on any atom is 0.0427 e. The fourth-order valence-electron chi connectivity index (χ4n) is 2.99. The van der Waals surface area contributed by atoms with Crippen LogP contribution in [-0.4, -0.2) is 48.6 Å². The van der Waals surface area contributed by atoms with Crippen LogP contribution in [0.4, 0.5) is 5.69 Å². The van der Waals surface area contributed by atoms with Crippen LogP contribution in [0.2, 0.25) is 0 Å². The summed E-state index contributed by atoms with van der Waals surface area (Å²) in [6.45, 7) is 9.68. The van der Waals surface area contributed by atoms with E-state index in [1.165, 1.54) is 17.7 Å². The van der Waals surface area contributed by atoms with Crippen LogP contribution in [0.25, 0.3) is 0 Å². The minimum absolute atomic E-state index is 0.658. The maximum absolute atomic E-state index is 5.71. The Morgan fingerprint density at radius 2 is 2.05 bits per heavy atom. The highest BCUT2D eigenvalue weighted by Crippen LogP contribution is 2.21. The number of aryl methyl sites for hydroxylation is 1. The topological polar surface area (TPSA) is 45.4 Å². The van der Waals surface area contributed by atoms with Crippen LogP contribution in [0.5, 0.6) is 0 Å². The van der Waals surface area contributed by atoms with Gasteiger partial charge in [0.15, 0.2) is 0 Å². The lowest BCUT2D eigenvalue weighted by Crippen LogP contribution is -2.50. The van der Waals surface area contributed by atoms with Gasteiger partial charge in [-0.1, -0.05) is 6.92 Å². The molecule has 1 atom stereocenters. The van der Waals surface area contributed by atoms with Crippen LogP contribution in [0.1, 0.15) is 25.3 Å². The smallest absolute Gasteiger partial charge is 0.0427 e. The third kappa shape index (κ3) is 3.45. The molecule has 1 aromatic heterocycles. The van der Waals surface area contributed by atoms with Crippen LogP contribution < -0.4 is 10.6 Å². The number of pyridine rings is 1. The Balaban J connectivity index is 1.94. The molecule has 1 aromatic rings. The molecule has 106 valence electrons. The van der Waals surface area contributed by atoms with E-state index in [2.05, 4.69) is 34.7 Å². The number of rotatable bonds is 5. The van der Waals surface area contributed by atoms with Crippen molar-refractivity contribution in [1.82, 2.24) is 9.88 Å². The zero-order valence-corrected chi connectivity index (χ0v) is 12.2. The molecule has 0 radical (unpaired) electrons. The van der Waals surface area contributed by atoms with Crippen molar-refractivity contribution in [2.75, 3.05) is 37.6 Å². The molecule has 1 unspecified atom stereocenters. The van der Waals surface area contributed by atoms with Gasteiger partial charge in [-0.05, 0) is 37.9 Å². The largest absolute Gasteiger partial charge is 0.369 e. The second kappa shape index (κ2) is 6.87. The third-order valence-corrected chi connectivity index (χ3v) is 4.13. The summed E-state index contributed by atoms with van der Waals surface area (Å²) >= 11 is 0. The fourth-order valence-corrected chi connectivity index (χ4v) is 2.99. The third-order valence-electron chi connectivity index (χ3n) is 4.13. The van der Waals surface area contributed by atoms with Gasteiger partial charge in [0.05, 0.1) is 0 Å². The molecular weight excluding hydrogens is 236 g/mol. The van der Waals surface area contributed by atoms with Crippen molar-refractivity contribution in [1.29, 1.82) is 0 Å². The predicted octanol–water partition coefficient (Wildman–Crippen LogP) is 1.64. The molecule has 2 N–H and O–H groups in total. The Morgan fingerprint density at radius 1 is 1.32 bits per heavy atom. The Bertz CT molecular complexity index is 385. The van der Waals surface area contributed by atoms with E-state index in [4.69, 9.17) is 5.73 Å². The molecule has 0 amide bonds. The van der Waals surface area contributed by atoms with Crippen molar-refractivity contribution in [3.63, 3.8) is 0 Å². The van der Waals surface area contributed by atoms with Crippen molar-refractivity contribution in [2.24, 2.45) is 5.73 Å². The van der Waals surface area contributed by atoms with Crippen LogP contribution in [0.3, 0.4) is 0 Å². The van der Waals surface area contributed by atoms with Gasteiger partial charge in [-0.2, -0.15) is 0 Å². The molecule has 1 aliphatic heterocycles. The quantitative estimate of drug-likeness (QED) is 0.876. The standard InChI is InChI=1S/C15H26N4/c1-3-14(4-6-16)18-8-10-19(11-9-18)15-5-7-17-12-13(15)2/h5,7,12,14H,3-4,6,8-11,16H2,1-2H3. The Morgan fingerprint density at radius 3 is 2.63 bits per heavy atom. The van der Waals surface area contributed by atoms with Crippen LogP contribution in [0.15, 0.2) is 18.5 Å². The number of nitrogens with zero attached hydrogens (tertiary/aromatic N) is 3. The Hall–Kier alpha value is -1.13. The van der Waals surface area contributed by atoms with Gasteiger partial charge in [-0.15, -0.1) is 0 Å². The summed E-state index contributed by atoms with van der Waals surface area (Å²) in [7, 11) is 0. The highest BCUT2D eigenvalue weighted by atomic mass is 15.3. The van der Waals surface area contributed by atoms with Crippen molar-refractivity contribution in [3.8, 4) is 0 Å². The molecule has 1 saturated heterocycles. The normalized spacial score (nSPS) is 18.6. The minimum atomic E-state index is 0.658. The lowest BCUT2D eigenvalue weighted by molar-refractivity contribution is 0.173. The molecule has 2 heterocycles. The summed E-state index contributed by atoms with van der Waals surface area (Å²) in [5.74, 6) is 0. The van der Waals surface area contributed by atoms with Gasteiger partial charge in [-0.25, -0.2) is 0 Å². The van der Waals surface area contributed by atoms with E-state index in [0.29, 0.717) is 6.04 Å². The lowest BCUT2D eigenvalue weighted by atomic mass is 10.1. The molecule has 4 nitrogen and oxygen atoms in total. The van der Waals surface area contributed by atoms with Crippen molar-refractivity contribution in [2.45, 2.75) is 32.7 Å². The molecule has 0 aliphatic carbocycles. The van der Waals surface area contributed by atoms with Crippen molar-refractivity contribution in [3.05, 3.63) is 24.0 Å². The molecule has 19 heavy (non-hydrogen) atoms. The Labute approximate surface area is 116 Å². The molecule has 1 aliphatic rings. The zero-order valence-electron chi connectivity index (χ0n) is 12.2. The number of hydrogen-bond acceptors (Lipinski definition) is 4. The average Bonchev–Trinajstić information content (AvgIpc) is 2.46. The number of aromatic nitrogens is 1. The van der Waals surface area contributed by atoms with E-state index in [1.807, 2.05) is 12.4 Å². The van der Waals surface area contributed by atoms with Gasteiger partial charge in [0.2, 0.25) is 0 Å². The van der Waals surface area contributed by atoms with E-state index < -0.39 is 0 Å². The summed E-state index contributed by atoms with van der Waals surface area (Å²) < 4.78 is 0. The molecule has 2 rings (SSSR count). The van der Waals surface area contributed by atoms with Crippen LogP contribution in [0, 0.1) is 6.92 Å². The van der Waals surface area contributed by atoms with Gasteiger partial charge in [0.1, 0.15) is 0 Å². The highest BCUT2D eigenvalue weighted by molar-refractivity contribution is 5.51. The molecule has 1 fully saturated rings. The van der Waals surface area contributed by atoms with Gasteiger partial charge < -0.3 is 10.6 Å². The SMILES string of the molecule is CCC(CCN)N1CCN(c2ccncc2C)CC1. The number of nitrogens with two attached hydrogens (primary N) is 1. The van der Waals surface area contributed by atoms with Gasteiger partial charge in [0.25, 0.3) is 0 Å². The van der Waals surface area contributed by atoms with E-state index >= 15 is 0 Å². The van der Waals surface area contributed by atoms with E-state index in [9.17, 15) is 0 Å². The van der Waals surface area contributed by atoms with E-state index in [-0.39, 0.29) is 0 Å². The second-order valence-electron chi connectivity index (χ2n) is 5.32. The summed E-state index contributed by atoms with van der Waals surface area (Å²) in [6, 6.07) is 2.79. The first kappa shape index (κ1) is 14.3. The highest BCUT2D eigenvalue weighted by Gasteiger charge is 2.22. The fraction of sp³-hybridized carbons (Fsp3) is 0.667. The van der Waals surface area contributed by atoms with Gasteiger partial charge in [0, 0.05) is 50.3 Å². The first-order valence-electron chi connectivity index (χ1n) is 7.36. The van der Waals surface area contributed by atoms with Crippen LogP contribution in [-0.2, 0) is 0 Å². The molecule has 4 heteroatoms.